The van der Waals surface area contributed by atoms with Gasteiger partial charge < -0.3 is 9.79 Å². The van der Waals surface area contributed by atoms with E-state index in [4.69, 9.17) is 9.79 Å². The van der Waals surface area contributed by atoms with Crippen LogP contribution in [-0.4, -0.2) is 15.9 Å². The van der Waals surface area contributed by atoms with Crippen molar-refractivity contribution in [3.8, 4) is 0 Å². The Labute approximate surface area is 70.2 Å². The molecule has 2 bridgehead atoms. The summed E-state index contributed by atoms with van der Waals surface area (Å²) < 4.78 is 10.7. The summed E-state index contributed by atoms with van der Waals surface area (Å²) in [7, 11) is -3.86. The lowest BCUT2D eigenvalue weighted by atomic mass is 9.82. The van der Waals surface area contributed by atoms with Gasteiger partial charge in [0.05, 0.1) is 6.16 Å². The molecular formula is C8H9O3P. The maximum Gasteiger partial charge on any atom is 0.326 e. The van der Waals surface area contributed by atoms with E-state index < -0.39 is 7.60 Å². The van der Waals surface area contributed by atoms with Crippen LogP contribution in [0.15, 0.2) is 24.3 Å². The van der Waals surface area contributed by atoms with Gasteiger partial charge in [-0.15, -0.1) is 0 Å². The van der Waals surface area contributed by atoms with Crippen LogP contribution in [0, 0.1) is 0 Å². The predicted molar refractivity (Wildman–Crippen MR) is 45.2 cm³/mol. The Balaban J connectivity index is 2.17. The molecule has 0 unspecified atom stereocenters. The molecule has 2 aliphatic rings. The molecule has 0 fully saturated rings. The molecular weight excluding hydrogens is 175 g/mol. The lowest BCUT2D eigenvalue weighted by Gasteiger charge is -2.27. The molecule has 0 spiro atoms. The summed E-state index contributed by atoms with van der Waals surface area (Å²) in [6.45, 7) is 0. The highest BCUT2D eigenvalue weighted by atomic mass is 31.2. The molecule has 1 aromatic rings. The largest absolute Gasteiger partial charge is 0.326 e. The smallest absolute Gasteiger partial charge is 0.324 e. The summed E-state index contributed by atoms with van der Waals surface area (Å²) in [5, 5.41) is 0. The normalized spacial score (nSPS) is 15.8. The molecule has 0 amide bonds. The van der Waals surface area contributed by atoms with E-state index in [9.17, 15) is 4.57 Å². The molecule has 0 atom stereocenters. The van der Waals surface area contributed by atoms with Gasteiger partial charge in [-0.2, -0.15) is 0 Å². The zero-order valence-corrected chi connectivity index (χ0v) is 7.24. The molecule has 3 rings (SSSR count). The van der Waals surface area contributed by atoms with E-state index in [1.807, 2.05) is 24.3 Å². The first-order chi connectivity index (χ1) is 5.56. The standard InChI is InChI=1S/C8H9O3P/c9-12(10,11)5-8-6-2-1-3-7(8)4-6/h1-4,8H,5H2,(H2,9,10,11). The molecule has 0 saturated heterocycles. The monoisotopic (exact) mass is 184 g/mol. The van der Waals surface area contributed by atoms with Gasteiger partial charge in [-0.1, -0.05) is 24.3 Å². The van der Waals surface area contributed by atoms with Crippen molar-refractivity contribution in [2.75, 3.05) is 6.16 Å². The minimum atomic E-state index is -3.86. The Hall–Kier alpha value is -0.630. The topological polar surface area (TPSA) is 57.5 Å². The van der Waals surface area contributed by atoms with Crippen LogP contribution in [-0.2, 0) is 4.57 Å². The van der Waals surface area contributed by atoms with Crippen molar-refractivity contribution in [1.29, 1.82) is 0 Å². The Kier molecular flexibility index (Phi) is 1.62. The molecule has 1 aromatic carbocycles. The summed E-state index contributed by atoms with van der Waals surface area (Å²) in [6.07, 6.45) is -0.0466. The summed E-state index contributed by atoms with van der Waals surface area (Å²) in [5.74, 6) is -0.0177. The van der Waals surface area contributed by atoms with Gasteiger partial charge in [0.2, 0.25) is 0 Å². The second kappa shape index (κ2) is 2.43. The summed E-state index contributed by atoms with van der Waals surface area (Å²) in [5.41, 5.74) is 2.08. The Morgan fingerprint density at radius 1 is 1.33 bits per heavy atom. The van der Waals surface area contributed by atoms with E-state index in [0.29, 0.717) is 0 Å². The van der Waals surface area contributed by atoms with Crippen LogP contribution in [0.25, 0.3) is 0 Å². The van der Waals surface area contributed by atoms with E-state index in [1.165, 1.54) is 0 Å². The molecule has 0 radical (unpaired) electrons. The summed E-state index contributed by atoms with van der Waals surface area (Å²) in [6, 6.07) is 7.65. The van der Waals surface area contributed by atoms with Crippen LogP contribution < -0.4 is 0 Å². The average molecular weight is 184 g/mol. The zero-order valence-electron chi connectivity index (χ0n) is 6.34. The molecule has 2 N–H and O–H groups in total. The molecule has 4 heteroatoms. The third-order valence-electron chi connectivity index (χ3n) is 2.14. The van der Waals surface area contributed by atoms with Crippen LogP contribution in [0.2, 0.25) is 0 Å². The van der Waals surface area contributed by atoms with Gasteiger partial charge in [-0.05, 0) is 11.1 Å². The van der Waals surface area contributed by atoms with Gasteiger partial charge in [0.1, 0.15) is 0 Å². The van der Waals surface area contributed by atoms with E-state index in [1.54, 1.807) is 0 Å². The van der Waals surface area contributed by atoms with E-state index in [2.05, 4.69) is 0 Å². The second-order valence-corrected chi connectivity index (χ2v) is 4.76. The van der Waals surface area contributed by atoms with Crippen LogP contribution in [0.4, 0.5) is 0 Å². The lowest BCUT2D eigenvalue weighted by Crippen LogP contribution is -2.14. The van der Waals surface area contributed by atoms with E-state index in [-0.39, 0.29) is 12.1 Å². The van der Waals surface area contributed by atoms with Crippen molar-refractivity contribution < 1.29 is 14.4 Å². The summed E-state index contributed by atoms with van der Waals surface area (Å²) >= 11 is 0. The molecule has 0 aliphatic heterocycles. The van der Waals surface area contributed by atoms with Crippen LogP contribution in [0.1, 0.15) is 17.0 Å². The van der Waals surface area contributed by atoms with Gasteiger partial charge in [0.15, 0.2) is 0 Å². The fraction of sp³-hybridized carbons (Fsp3) is 0.250. The van der Waals surface area contributed by atoms with Crippen molar-refractivity contribution in [2.24, 2.45) is 0 Å². The Bertz CT molecular complexity index is 328. The van der Waals surface area contributed by atoms with Crippen molar-refractivity contribution in [1.82, 2.24) is 0 Å². The van der Waals surface area contributed by atoms with Crippen molar-refractivity contribution >= 4 is 7.60 Å². The zero-order chi connectivity index (χ0) is 8.77. The van der Waals surface area contributed by atoms with E-state index in [0.717, 1.165) is 11.1 Å². The van der Waals surface area contributed by atoms with Gasteiger partial charge in [0.25, 0.3) is 0 Å². The molecule has 0 heterocycles. The maximum absolute atomic E-state index is 10.7. The van der Waals surface area contributed by atoms with Crippen molar-refractivity contribution in [3.05, 3.63) is 35.4 Å². The van der Waals surface area contributed by atoms with Crippen molar-refractivity contribution in [2.45, 2.75) is 5.92 Å². The minimum Gasteiger partial charge on any atom is -0.324 e. The van der Waals surface area contributed by atoms with Gasteiger partial charge in [0, 0.05) is 5.92 Å². The second-order valence-electron chi connectivity index (χ2n) is 3.07. The SMILES string of the molecule is O=P(O)(O)CC1c2cccc1c2. The van der Waals surface area contributed by atoms with Crippen LogP contribution >= 0.6 is 7.60 Å². The Morgan fingerprint density at radius 2 is 1.92 bits per heavy atom. The Morgan fingerprint density at radius 3 is 2.33 bits per heavy atom. The minimum absolute atomic E-state index is 0.0177. The first-order valence-electron chi connectivity index (χ1n) is 3.71. The first-order valence-corrected chi connectivity index (χ1v) is 5.50. The molecule has 64 valence electrons. The van der Waals surface area contributed by atoms with Crippen LogP contribution in [0.3, 0.4) is 0 Å². The molecule has 3 nitrogen and oxygen atoms in total. The van der Waals surface area contributed by atoms with Gasteiger partial charge >= 0.3 is 7.60 Å². The number of hydrogen-bond acceptors (Lipinski definition) is 1. The number of fused-ring (bicyclic) bond motifs is 2. The number of benzene rings is 1. The lowest BCUT2D eigenvalue weighted by molar-refractivity contribution is 0.370. The van der Waals surface area contributed by atoms with Crippen LogP contribution in [0.5, 0.6) is 0 Å². The molecule has 12 heavy (non-hydrogen) atoms. The quantitative estimate of drug-likeness (QED) is 0.681. The number of hydrogen-bond donors (Lipinski definition) is 2. The molecule has 2 aliphatic carbocycles. The van der Waals surface area contributed by atoms with Gasteiger partial charge in [-0.3, -0.25) is 4.57 Å². The first kappa shape index (κ1) is 7.99. The third-order valence-corrected chi connectivity index (χ3v) is 2.98. The third kappa shape index (κ3) is 1.31. The predicted octanol–water partition coefficient (Wildman–Crippen LogP) is 1.31. The fourth-order valence-electron chi connectivity index (χ4n) is 1.54. The maximum atomic E-state index is 10.7. The average Bonchev–Trinajstić information content (AvgIpc) is 2.00. The molecule has 0 saturated carbocycles. The van der Waals surface area contributed by atoms with E-state index >= 15 is 0 Å². The highest BCUT2D eigenvalue weighted by Crippen LogP contribution is 2.46. The number of rotatable bonds is 2. The highest BCUT2D eigenvalue weighted by molar-refractivity contribution is 7.51. The van der Waals surface area contributed by atoms with Crippen molar-refractivity contribution in [3.63, 3.8) is 0 Å². The highest BCUT2D eigenvalue weighted by Gasteiger charge is 2.29. The molecule has 0 aromatic heterocycles. The van der Waals surface area contributed by atoms with Gasteiger partial charge in [-0.25, -0.2) is 0 Å². The summed E-state index contributed by atoms with van der Waals surface area (Å²) in [4.78, 5) is 17.5. The fourth-order valence-corrected chi connectivity index (χ4v) is 2.43.